The van der Waals surface area contributed by atoms with Gasteiger partial charge in [-0.15, -0.1) is 0 Å². The largest absolute Gasteiger partial charge is 0.387 e. The SMILES string of the molecule is CC(O)c1ccc(N2CCC[C@H]3CCCC[C@H]32)cn1. The van der Waals surface area contributed by atoms with E-state index in [1.54, 1.807) is 6.92 Å². The minimum Gasteiger partial charge on any atom is -0.387 e. The summed E-state index contributed by atoms with van der Waals surface area (Å²) in [5.74, 6) is 0.888. The molecule has 0 spiro atoms. The van der Waals surface area contributed by atoms with Crippen molar-refractivity contribution in [3.05, 3.63) is 24.0 Å². The summed E-state index contributed by atoms with van der Waals surface area (Å²) in [7, 11) is 0. The summed E-state index contributed by atoms with van der Waals surface area (Å²) in [5, 5.41) is 9.54. The molecule has 2 heterocycles. The number of pyridine rings is 1. The zero-order valence-electron chi connectivity index (χ0n) is 11.8. The van der Waals surface area contributed by atoms with Crippen molar-refractivity contribution in [2.24, 2.45) is 5.92 Å². The number of hydrogen-bond donors (Lipinski definition) is 1. The minimum atomic E-state index is -0.474. The Balaban J connectivity index is 1.79. The third kappa shape index (κ3) is 2.62. The molecule has 0 aromatic carbocycles. The van der Waals surface area contributed by atoms with E-state index < -0.39 is 6.10 Å². The summed E-state index contributed by atoms with van der Waals surface area (Å²) in [4.78, 5) is 6.96. The van der Waals surface area contributed by atoms with Gasteiger partial charge >= 0.3 is 0 Å². The number of fused-ring (bicyclic) bond motifs is 1. The van der Waals surface area contributed by atoms with Crippen molar-refractivity contribution in [2.45, 2.75) is 57.6 Å². The van der Waals surface area contributed by atoms with Crippen LogP contribution in [-0.2, 0) is 0 Å². The van der Waals surface area contributed by atoms with Gasteiger partial charge in [-0.2, -0.15) is 0 Å². The van der Waals surface area contributed by atoms with Crippen molar-refractivity contribution < 1.29 is 5.11 Å². The predicted molar refractivity (Wildman–Crippen MR) is 77.2 cm³/mol. The van der Waals surface area contributed by atoms with E-state index in [0.29, 0.717) is 0 Å². The lowest BCUT2D eigenvalue weighted by Crippen LogP contribution is -2.46. The van der Waals surface area contributed by atoms with Gasteiger partial charge in [0.05, 0.1) is 23.7 Å². The van der Waals surface area contributed by atoms with Crippen LogP contribution in [0.1, 0.15) is 57.2 Å². The van der Waals surface area contributed by atoms with E-state index in [1.165, 1.54) is 44.2 Å². The van der Waals surface area contributed by atoms with Gasteiger partial charge in [0.15, 0.2) is 0 Å². The number of hydrogen-bond acceptors (Lipinski definition) is 3. The van der Waals surface area contributed by atoms with Crippen LogP contribution < -0.4 is 4.90 Å². The van der Waals surface area contributed by atoms with Crippen molar-refractivity contribution >= 4 is 5.69 Å². The molecule has 1 aromatic heterocycles. The third-order valence-electron chi connectivity index (χ3n) is 4.77. The number of piperidine rings is 1. The number of aliphatic hydroxyl groups excluding tert-OH is 1. The maximum absolute atomic E-state index is 9.54. The van der Waals surface area contributed by atoms with Crippen molar-refractivity contribution in [1.29, 1.82) is 0 Å². The Morgan fingerprint density at radius 1 is 1.21 bits per heavy atom. The van der Waals surface area contributed by atoms with E-state index in [0.717, 1.165) is 24.2 Å². The Hall–Kier alpha value is -1.09. The van der Waals surface area contributed by atoms with Crippen LogP contribution in [0.2, 0.25) is 0 Å². The first-order valence-corrected chi connectivity index (χ1v) is 7.66. The molecule has 0 bridgehead atoms. The third-order valence-corrected chi connectivity index (χ3v) is 4.77. The van der Waals surface area contributed by atoms with Crippen molar-refractivity contribution in [3.63, 3.8) is 0 Å². The summed E-state index contributed by atoms with van der Waals surface area (Å²) >= 11 is 0. The molecule has 1 aliphatic heterocycles. The molecule has 1 aliphatic carbocycles. The number of rotatable bonds is 2. The number of anilines is 1. The van der Waals surface area contributed by atoms with E-state index in [9.17, 15) is 5.11 Å². The quantitative estimate of drug-likeness (QED) is 0.886. The molecule has 2 aliphatic rings. The Kier molecular flexibility index (Phi) is 3.74. The van der Waals surface area contributed by atoms with Gasteiger partial charge in [-0.1, -0.05) is 12.8 Å². The van der Waals surface area contributed by atoms with Gasteiger partial charge in [0.2, 0.25) is 0 Å². The fourth-order valence-corrected chi connectivity index (χ4v) is 3.76. The van der Waals surface area contributed by atoms with Gasteiger partial charge < -0.3 is 10.0 Å². The van der Waals surface area contributed by atoms with E-state index >= 15 is 0 Å². The first-order valence-electron chi connectivity index (χ1n) is 7.66. The van der Waals surface area contributed by atoms with Gasteiger partial charge in [0, 0.05) is 12.6 Å². The van der Waals surface area contributed by atoms with Crippen LogP contribution >= 0.6 is 0 Å². The molecule has 2 fully saturated rings. The van der Waals surface area contributed by atoms with Crippen LogP contribution in [0, 0.1) is 5.92 Å². The average Bonchev–Trinajstić information content (AvgIpc) is 2.47. The summed E-state index contributed by atoms with van der Waals surface area (Å²) in [6, 6.07) is 4.82. The van der Waals surface area contributed by atoms with Gasteiger partial charge in [-0.25, -0.2) is 0 Å². The standard InChI is InChI=1S/C16H24N2O/c1-12(19)15-9-8-14(11-17-15)18-10-4-6-13-5-2-3-7-16(13)18/h8-9,11-13,16,19H,2-7,10H2,1H3/t12?,13-,16-/m1/s1. The van der Waals surface area contributed by atoms with Gasteiger partial charge in [-0.05, 0) is 50.7 Å². The molecular formula is C16H24N2O. The number of aromatic nitrogens is 1. The van der Waals surface area contributed by atoms with E-state index in [1.807, 2.05) is 12.3 Å². The highest BCUT2D eigenvalue weighted by Crippen LogP contribution is 2.37. The monoisotopic (exact) mass is 260 g/mol. The van der Waals surface area contributed by atoms with Crippen LogP contribution in [0.25, 0.3) is 0 Å². The summed E-state index contributed by atoms with van der Waals surface area (Å²) < 4.78 is 0. The molecule has 3 heteroatoms. The molecular weight excluding hydrogens is 236 g/mol. The van der Waals surface area contributed by atoms with E-state index in [2.05, 4.69) is 16.0 Å². The Morgan fingerprint density at radius 3 is 2.74 bits per heavy atom. The van der Waals surface area contributed by atoms with Crippen molar-refractivity contribution in [1.82, 2.24) is 4.98 Å². The fraction of sp³-hybridized carbons (Fsp3) is 0.688. The van der Waals surface area contributed by atoms with Crippen molar-refractivity contribution in [3.8, 4) is 0 Å². The number of aliphatic hydroxyl groups is 1. The predicted octanol–water partition coefficient (Wildman–Crippen LogP) is 3.29. The molecule has 0 radical (unpaired) electrons. The van der Waals surface area contributed by atoms with Crippen LogP contribution in [0.3, 0.4) is 0 Å². The van der Waals surface area contributed by atoms with Crippen LogP contribution in [0.5, 0.6) is 0 Å². The molecule has 1 unspecified atom stereocenters. The Morgan fingerprint density at radius 2 is 2.00 bits per heavy atom. The number of nitrogens with zero attached hydrogens (tertiary/aromatic N) is 2. The Labute approximate surface area is 115 Å². The summed E-state index contributed by atoms with van der Waals surface area (Å²) in [5.41, 5.74) is 2.00. The maximum Gasteiger partial charge on any atom is 0.0931 e. The maximum atomic E-state index is 9.54. The highest BCUT2D eigenvalue weighted by Gasteiger charge is 2.33. The topological polar surface area (TPSA) is 36.4 Å². The summed E-state index contributed by atoms with van der Waals surface area (Å²) in [6.45, 7) is 2.93. The normalized spacial score (nSPS) is 28.8. The van der Waals surface area contributed by atoms with Crippen LogP contribution in [-0.4, -0.2) is 22.7 Å². The van der Waals surface area contributed by atoms with Gasteiger partial charge in [-0.3, -0.25) is 4.98 Å². The molecule has 0 amide bonds. The van der Waals surface area contributed by atoms with E-state index in [-0.39, 0.29) is 0 Å². The molecule has 1 N–H and O–H groups in total. The molecule has 3 rings (SSSR count). The Bertz CT molecular complexity index is 413. The lowest BCUT2D eigenvalue weighted by Gasteiger charge is -2.45. The second-order valence-corrected chi connectivity index (χ2v) is 6.06. The molecule has 1 saturated carbocycles. The van der Waals surface area contributed by atoms with Crippen LogP contribution in [0.15, 0.2) is 18.3 Å². The molecule has 19 heavy (non-hydrogen) atoms. The minimum absolute atomic E-state index is 0.474. The highest BCUT2D eigenvalue weighted by molar-refractivity contribution is 5.46. The molecule has 3 atom stereocenters. The summed E-state index contributed by atoms with van der Waals surface area (Å²) in [6.07, 6.45) is 9.70. The first-order chi connectivity index (χ1) is 9.25. The van der Waals surface area contributed by atoms with Crippen LogP contribution in [0.4, 0.5) is 5.69 Å². The highest BCUT2D eigenvalue weighted by atomic mass is 16.3. The average molecular weight is 260 g/mol. The smallest absolute Gasteiger partial charge is 0.0931 e. The molecule has 3 nitrogen and oxygen atoms in total. The molecule has 1 aromatic rings. The molecule has 104 valence electrons. The van der Waals surface area contributed by atoms with Gasteiger partial charge in [0.25, 0.3) is 0 Å². The first kappa shape index (κ1) is 12.9. The lowest BCUT2D eigenvalue weighted by molar-refractivity contribution is 0.194. The zero-order valence-corrected chi connectivity index (χ0v) is 11.8. The second-order valence-electron chi connectivity index (χ2n) is 6.06. The fourth-order valence-electron chi connectivity index (χ4n) is 3.76. The molecule has 1 saturated heterocycles. The lowest BCUT2D eigenvalue weighted by atomic mass is 9.78. The van der Waals surface area contributed by atoms with Gasteiger partial charge in [0.1, 0.15) is 0 Å². The van der Waals surface area contributed by atoms with E-state index in [4.69, 9.17) is 0 Å². The second kappa shape index (κ2) is 5.49. The zero-order chi connectivity index (χ0) is 13.2. The van der Waals surface area contributed by atoms with Crippen molar-refractivity contribution in [2.75, 3.05) is 11.4 Å².